The summed E-state index contributed by atoms with van der Waals surface area (Å²) in [5.41, 5.74) is 4.09. The Morgan fingerprint density at radius 2 is 1.86 bits per heavy atom. The van der Waals surface area contributed by atoms with Gasteiger partial charge < -0.3 is 9.84 Å². The number of thiazole rings is 1. The van der Waals surface area contributed by atoms with Gasteiger partial charge in [0.05, 0.1) is 28.9 Å². The van der Waals surface area contributed by atoms with Crippen molar-refractivity contribution in [3.63, 3.8) is 0 Å². The van der Waals surface area contributed by atoms with Crippen LogP contribution < -0.4 is 9.64 Å². The molecule has 35 heavy (non-hydrogen) atoms. The molecule has 1 unspecified atom stereocenters. The Morgan fingerprint density at radius 1 is 1.09 bits per heavy atom. The van der Waals surface area contributed by atoms with Crippen LogP contribution in [-0.2, 0) is 16.0 Å². The number of ketones is 1. The maximum atomic E-state index is 13.4. The van der Waals surface area contributed by atoms with Gasteiger partial charge in [0.2, 0.25) is 0 Å². The highest BCUT2D eigenvalue weighted by atomic mass is 32.1. The van der Waals surface area contributed by atoms with Crippen molar-refractivity contribution in [2.75, 3.05) is 12.0 Å². The molecule has 1 N–H and O–H groups in total. The molecule has 1 saturated heterocycles. The Balaban J connectivity index is 1.72. The molecule has 176 valence electrons. The molecule has 0 radical (unpaired) electrons. The summed E-state index contributed by atoms with van der Waals surface area (Å²) >= 11 is 1.36. The summed E-state index contributed by atoms with van der Waals surface area (Å²) in [4.78, 5) is 32.9. The summed E-state index contributed by atoms with van der Waals surface area (Å²) in [6, 6.07) is 19.5. The second-order valence-corrected chi connectivity index (χ2v) is 9.47. The first kappa shape index (κ1) is 22.8. The van der Waals surface area contributed by atoms with Gasteiger partial charge in [0.25, 0.3) is 5.78 Å². The standard InChI is InChI=1S/C28H24N2O4S/c1-4-17-10-13-21-22(14-17)35-28(29-21)30-24(19-6-5-7-20(15-19)34-3)23(26(32)27(30)33)25(31)18-11-8-16(2)9-12-18/h5-15,24,31H,4H2,1-3H3/b25-23+. The zero-order chi connectivity index (χ0) is 24.7. The number of aliphatic hydroxyl groups excluding tert-OH is 1. The Morgan fingerprint density at radius 3 is 2.57 bits per heavy atom. The molecule has 1 aliphatic rings. The summed E-state index contributed by atoms with van der Waals surface area (Å²) < 4.78 is 6.33. The van der Waals surface area contributed by atoms with Crippen molar-refractivity contribution in [3.05, 3.63) is 94.6 Å². The first-order chi connectivity index (χ1) is 16.9. The third-order valence-electron chi connectivity index (χ3n) is 6.23. The summed E-state index contributed by atoms with van der Waals surface area (Å²) in [6.45, 7) is 4.02. The molecule has 3 aromatic carbocycles. The molecule has 4 aromatic rings. The number of hydrogen-bond donors (Lipinski definition) is 1. The normalized spacial score (nSPS) is 17.3. The summed E-state index contributed by atoms with van der Waals surface area (Å²) in [6.07, 6.45) is 0.883. The Kier molecular flexibility index (Phi) is 5.86. The topological polar surface area (TPSA) is 79.7 Å². The van der Waals surface area contributed by atoms with Crippen LogP contribution in [0.4, 0.5) is 5.13 Å². The van der Waals surface area contributed by atoms with Crippen LogP contribution in [0.2, 0.25) is 0 Å². The van der Waals surface area contributed by atoms with Crippen molar-refractivity contribution in [3.8, 4) is 5.75 Å². The van der Waals surface area contributed by atoms with Gasteiger partial charge in [-0.25, -0.2) is 4.98 Å². The molecule has 1 fully saturated rings. The van der Waals surface area contributed by atoms with Gasteiger partial charge in [-0.2, -0.15) is 0 Å². The van der Waals surface area contributed by atoms with Crippen molar-refractivity contribution in [2.45, 2.75) is 26.3 Å². The van der Waals surface area contributed by atoms with Crippen LogP contribution in [0.25, 0.3) is 16.0 Å². The first-order valence-electron chi connectivity index (χ1n) is 11.3. The van der Waals surface area contributed by atoms with E-state index in [9.17, 15) is 14.7 Å². The van der Waals surface area contributed by atoms with Gasteiger partial charge in [-0.15, -0.1) is 0 Å². The molecule has 0 spiro atoms. The Labute approximate surface area is 207 Å². The van der Waals surface area contributed by atoms with Crippen LogP contribution in [0, 0.1) is 6.92 Å². The Bertz CT molecular complexity index is 1490. The monoisotopic (exact) mass is 484 g/mol. The van der Waals surface area contributed by atoms with E-state index >= 15 is 0 Å². The Hall–Kier alpha value is -3.97. The van der Waals surface area contributed by atoms with Crippen LogP contribution in [0.5, 0.6) is 5.75 Å². The van der Waals surface area contributed by atoms with Gasteiger partial charge in [0, 0.05) is 5.56 Å². The maximum absolute atomic E-state index is 13.4. The number of nitrogens with zero attached hydrogens (tertiary/aromatic N) is 2. The number of aromatic nitrogens is 1. The molecule has 6 nitrogen and oxygen atoms in total. The van der Waals surface area contributed by atoms with Crippen molar-refractivity contribution in [2.24, 2.45) is 0 Å². The molecule has 5 rings (SSSR count). The highest BCUT2D eigenvalue weighted by molar-refractivity contribution is 7.22. The van der Waals surface area contributed by atoms with E-state index < -0.39 is 17.7 Å². The quantitative estimate of drug-likeness (QED) is 0.220. The summed E-state index contributed by atoms with van der Waals surface area (Å²) in [5, 5.41) is 11.7. The number of rotatable bonds is 5. The molecule has 2 heterocycles. The largest absolute Gasteiger partial charge is 0.507 e. The minimum absolute atomic E-state index is 0.0283. The van der Waals surface area contributed by atoms with Crippen LogP contribution in [0.1, 0.15) is 35.2 Å². The lowest BCUT2D eigenvalue weighted by Crippen LogP contribution is -2.29. The molecular formula is C28H24N2O4S. The fraction of sp³-hybridized carbons (Fsp3) is 0.179. The molecular weight excluding hydrogens is 460 g/mol. The van der Waals surface area contributed by atoms with Crippen molar-refractivity contribution < 1.29 is 19.4 Å². The van der Waals surface area contributed by atoms with E-state index in [2.05, 4.69) is 18.0 Å². The van der Waals surface area contributed by atoms with Gasteiger partial charge in [-0.1, -0.05) is 66.3 Å². The minimum atomic E-state index is -0.849. The average molecular weight is 485 g/mol. The molecule has 1 aromatic heterocycles. The number of aliphatic hydroxyl groups is 1. The van der Waals surface area contributed by atoms with E-state index in [4.69, 9.17) is 4.74 Å². The van der Waals surface area contributed by atoms with Crippen LogP contribution in [-0.4, -0.2) is 28.9 Å². The van der Waals surface area contributed by atoms with Crippen molar-refractivity contribution >= 4 is 44.1 Å². The third kappa shape index (κ3) is 3.98. The maximum Gasteiger partial charge on any atom is 0.301 e. The number of hydrogen-bond acceptors (Lipinski definition) is 6. The summed E-state index contributed by atoms with van der Waals surface area (Å²) in [5.74, 6) is -1.10. The number of aryl methyl sites for hydroxylation is 2. The fourth-order valence-electron chi connectivity index (χ4n) is 4.30. The van der Waals surface area contributed by atoms with E-state index in [1.807, 2.05) is 37.3 Å². The van der Waals surface area contributed by atoms with Gasteiger partial charge >= 0.3 is 5.91 Å². The predicted molar refractivity (Wildman–Crippen MR) is 138 cm³/mol. The van der Waals surface area contributed by atoms with Gasteiger partial charge in [-0.05, 0) is 48.7 Å². The lowest BCUT2D eigenvalue weighted by Gasteiger charge is -2.23. The number of benzene rings is 3. The zero-order valence-corrected chi connectivity index (χ0v) is 20.4. The van der Waals surface area contributed by atoms with Crippen LogP contribution in [0.15, 0.2) is 72.3 Å². The molecule has 1 amide bonds. The number of ether oxygens (including phenoxy) is 1. The van der Waals surface area contributed by atoms with E-state index in [1.54, 1.807) is 37.4 Å². The highest BCUT2D eigenvalue weighted by Gasteiger charge is 2.48. The number of anilines is 1. The molecule has 1 aliphatic heterocycles. The van der Waals surface area contributed by atoms with E-state index in [1.165, 1.54) is 21.8 Å². The predicted octanol–water partition coefficient (Wildman–Crippen LogP) is 5.80. The SMILES string of the molecule is CCc1ccc2nc(N3C(=O)C(=O)/C(=C(/O)c4ccc(C)cc4)C3c3cccc(OC)c3)sc2c1. The molecule has 0 bridgehead atoms. The summed E-state index contributed by atoms with van der Waals surface area (Å²) in [7, 11) is 1.56. The first-order valence-corrected chi connectivity index (χ1v) is 12.1. The smallest absolute Gasteiger partial charge is 0.301 e. The third-order valence-corrected chi connectivity index (χ3v) is 7.25. The van der Waals surface area contributed by atoms with Gasteiger partial charge in [-0.3, -0.25) is 14.5 Å². The molecule has 1 atom stereocenters. The number of carbonyl (C=O) groups excluding carboxylic acids is 2. The second kappa shape index (κ2) is 9.00. The molecule has 7 heteroatoms. The van der Waals surface area contributed by atoms with E-state index in [0.29, 0.717) is 22.0 Å². The van der Waals surface area contributed by atoms with Gasteiger partial charge in [0.1, 0.15) is 11.5 Å². The molecule has 0 aliphatic carbocycles. The highest BCUT2D eigenvalue weighted by Crippen LogP contribution is 2.44. The van der Waals surface area contributed by atoms with E-state index in [0.717, 1.165) is 22.2 Å². The van der Waals surface area contributed by atoms with Crippen molar-refractivity contribution in [1.82, 2.24) is 4.98 Å². The lowest BCUT2D eigenvalue weighted by molar-refractivity contribution is -0.132. The second-order valence-electron chi connectivity index (χ2n) is 8.46. The number of fused-ring (bicyclic) bond motifs is 1. The van der Waals surface area contributed by atoms with Crippen molar-refractivity contribution in [1.29, 1.82) is 0 Å². The van der Waals surface area contributed by atoms with Crippen LogP contribution in [0.3, 0.4) is 0 Å². The number of Topliss-reactive ketones (excluding diaryl/α,β-unsaturated/α-hetero) is 1. The van der Waals surface area contributed by atoms with E-state index in [-0.39, 0.29) is 11.3 Å². The zero-order valence-electron chi connectivity index (χ0n) is 19.6. The number of methoxy groups -OCH3 is 1. The lowest BCUT2D eigenvalue weighted by atomic mass is 9.95. The fourth-order valence-corrected chi connectivity index (χ4v) is 5.36. The minimum Gasteiger partial charge on any atom is -0.507 e. The molecule has 0 saturated carbocycles. The average Bonchev–Trinajstić information content (AvgIpc) is 3.41. The van der Waals surface area contributed by atoms with Crippen LogP contribution >= 0.6 is 11.3 Å². The number of carbonyl (C=O) groups is 2. The number of amides is 1. The van der Waals surface area contributed by atoms with Gasteiger partial charge in [0.15, 0.2) is 5.13 Å².